The number of hydrogen-bond donors (Lipinski definition) is 1. The van der Waals surface area contributed by atoms with Crippen LogP contribution in [0, 0.1) is 5.82 Å². The van der Waals surface area contributed by atoms with Gasteiger partial charge in [0.2, 0.25) is 0 Å². The summed E-state index contributed by atoms with van der Waals surface area (Å²) in [6, 6.07) is 1.36. The monoisotopic (exact) mass is 296 g/mol. The highest BCUT2D eigenvalue weighted by Crippen LogP contribution is 2.15. The topological polar surface area (TPSA) is 34.2 Å². The molecule has 0 spiro atoms. The minimum atomic E-state index is -0.387. The predicted octanol–water partition coefficient (Wildman–Crippen LogP) is 2.65. The summed E-state index contributed by atoms with van der Waals surface area (Å²) in [7, 11) is 0. The lowest BCUT2D eigenvalue weighted by atomic mass is 10.4. The molecule has 1 aromatic heterocycles. The van der Waals surface area contributed by atoms with Crippen LogP contribution in [-0.4, -0.2) is 30.6 Å². The van der Waals surface area contributed by atoms with Crippen LogP contribution >= 0.6 is 27.5 Å². The number of nitrogens with zero attached hydrogens (tertiary/aromatic N) is 1. The zero-order valence-corrected chi connectivity index (χ0v) is 10.3. The lowest BCUT2D eigenvalue weighted by Gasteiger charge is -2.06. The van der Waals surface area contributed by atoms with E-state index in [9.17, 15) is 4.39 Å². The highest BCUT2D eigenvalue weighted by molar-refractivity contribution is 9.10. The Morgan fingerprint density at radius 2 is 2.33 bits per heavy atom. The van der Waals surface area contributed by atoms with Gasteiger partial charge in [-0.15, -0.1) is 11.6 Å². The van der Waals surface area contributed by atoms with Gasteiger partial charge in [-0.2, -0.15) is 0 Å². The van der Waals surface area contributed by atoms with Gasteiger partial charge in [0.1, 0.15) is 0 Å². The van der Waals surface area contributed by atoms with E-state index in [1.54, 1.807) is 0 Å². The molecule has 0 unspecified atom stereocenters. The van der Waals surface area contributed by atoms with E-state index >= 15 is 0 Å². The first kappa shape index (κ1) is 12.7. The molecule has 0 aromatic carbocycles. The van der Waals surface area contributed by atoms with Crippen molar-refractivity contribution in [1.29, 1.82) is 0 Å². The van der Waals surface area contributed by atoms with Gasteiger partial charge in [-0.1, -0.05) is 0 Å². The van der Waals surface area contributed by atoms with Crippen LogP contribution in [0.1, 0.15) is 0 Å². The molecule has 84 valence electrons. The molecule has 1 aromatic rings. The Hall–Kier alpha value is -0.390. The lowest BCUT2D eigenvalue weighted by Crippen LogP contribution is -2.12. The first-order valence-corrected chi connectivity index (χ1v) is 5.75. The largest absolute Gasteiger partial charge is 0.378 e. The number of pyridine rings is 1. The Kier molecular flexibility index (Phi) is 5.90. The maximum Gasteiger partial charge on any atom is 0.166 e. The summed E-state index contributed by atoms with van der Waals surface area (Å²) in [5, 5.41) is 2.82. The van der Waals surface area contributed by atoms with Crippen LogP contribution in [0.5, 0.6) is 0 Å². The molecule has 1 heterocycles. The molecular formula is C9H11BrClFN2O. The molecule has 0 aliphatic carbocycles. The van der Waals surface area contributed by atoms with Crippen LogP contribution in [0.15, 0.2) is 16.7 Å². The number of aromatic nitrogens is 1. The van der Waals surface area contributed by atoms with E-state index in [1.807, 2.05) is 0 Å². The standard InChI is InChI=1S/C9H11BrClFN2O/c10-7-5-8(12)9(14-6-7)13-2-4-15-3-1-11/h5-6H,1-4H2,(H,13,14). The van der Waals surface area contributed by atoms with Gasteiger partial charge >= 0.3 is 0 Å². The quantitative estimate of drug-likeness (QED) is 0.647. The zero-order chi connectivity index (χ0) is 11.1. The maximum absolute atomic E-state index is 13.2. The average Bonchev–Trinajstić information content (AvgIpc) is 2.20. The van der Waals surface area contributed by atoms with Gasteiger partial charge in [-0.25, -0.2) is 9.37 Å². The van der Waals surface area contributed by atoms with E-state index in [0.29, 0.717) is 30.1 Å². The Morgan fingerprint density at radius 1 is 1.53 bits per heavy atom. The number of hydrogen-bond acceptors (Lipinski definition) is 3. The molecular weight excluding hydrogens is 286 g/mol. The van der Waals surface area contributed by atoms with Gasteiger partial charge in [0, 0.05) is 23.1 Å². The molecule has 0 aliphatic heterocycles. The molecule has 1 rings (SSSR count). The van der Waals surface area contributed by atoms with Crippen LogP contribution in [0.3, 0.4) is 0 Å². The van der Waals surface area contributed by atoms with E-state index in [-0.39, 0.29) is 11.6 Å². The molecule has 0 bridgehead atoms. The van der Waals surface area contributed by atoms with Gasteiger partial charge in [-0.3, -0.25) is 0 Å². The molecule has 6 heteroatoms. The van der Waals surface area contributed by atoms with Crippen LogP contribution in [0.4, 0.5) is 10.2 Å². The lowest BCUT2D eigenvalue weighted by molar-refractivity contribution is 0.160. The molecule has 0 fully saturated rings. The van der Waals surface area contributed by atoms with Crippen LogP contribution in [0.2, 0.25) is 0 Å². The number of alkyl halides is 1. The van der Waals surface area contributed by atoms with Crippen LogP contribution < -0.4 is 5.32 Å². The fraction of sp³-hybridized carbons (Fsp3) is 0.444. The van der Waals surface area contributed by atoms with E-state index in [1.165, 1.54) is 12.3 Å². The minimum Gasteiger partial charge on any atom is -0.378 e. The van der Waals surface area contributed by atoms with Gasteiger partial charge in [-0.05, 0) is 22.0 Å². The molecule has 15 heavy (non-hydrogen) atoms. The molecule has 3 nitrogen and oxygen atoms in total. The second kappa shape index (κ2) is 6.98. The maximum atomic E-state index is 13.2. The van der Waals surface area contributed by atoms with Gasteiger partial charge in [0.05, 0.1) is 13.2 Å². The number of halogens is 3. The number of nitrogens with one attached hydrogen (secondary N) is 1. The third-order valence-electron chi connectivity index (χ3n) is 1.57. The summed E-state index contributed by atoms with van der Waals surface area (Å²) in [5.74, 6) is 0.305. The van der Waals surface area contributed by atoms with Crippen molar-refractivity contribution in [2.24, 2.45) is 0 Å². The average molecular weight is 298 g/mol. The molecule has 0 radical (unpaired) electrons. The van der Waals surface area contributed by atoms with E-state index in [4.69, 9.17) is 16.3 Å². The Labute approximate surface area is 101 Å². The minimum absolute atomic E-state index is 0.229. The SMILES string of the molecule is Fc1cc(Br)cnc1NCCOCCCl. The molecule has 0 saturated carbocycles. The Balaban J connectivity index is 2.31. The first-order valence-electron chi connectivity index (χ1n) is 4.42. The van der Waals surface area contributed by atoms with Crippen LogP contribution in [0.25, 0.3) is 0 Å². The third kappa shape index (κ3) is 4.77. The van der Waals surface area contributed by atoms with Crippen molar-refractivity contribution in [1.82, 2.24) is 4.98 Å². The molecule has 0 saturated heterocycles. The molecule has 0 atom stereocenters. The summed E-state index contributed by atoms with van der Waals surface area (Å²) < 4.78 is 18.9. The summed E-state index contributed by atoms with van der Waals surface area (Å²) in [5.41, 5.74) is 0. The second-order valence-electron chi connectivity index (χ2n) is 2.71. The van der Waals surface area contributed by atoms with Crippen molar-refractivity contribution < 1.29 is 9.13 Å². The Bertz CT molecular complexity index is 314. The smallest absolute Gasteiger partial charge is 0.166 e. The molecule has 0 amide bonds. The van der Waals surface area contributed by atoms with E-state index in [0.717, 1.165) is 0 Å². The van der Waals surface area contributed by atoms with Crippen molar-refractivity contribution in [3.05, 3.63) is 22.6 Å². The Morgan fingerprint density at radius 3 is 3.00 bits per heavy atom. The predicted molar refractivity (Wildman–Crippen MR) is 61.9 cm³/mol. The highest BCUT2D eigenvalue weighted by Gasteiger charge is 2.02. The normalized spacial score (nSPS) is 10.3. The summed E-state index contributed by atoms with van der Waals surface area (Å²) in [6.45, 7) is 1.48. The number of rotatable bonds is 6. The zero-order valence-electron chi connectivity index (χ0n) is 7.97. The molecule has 1 N–H and O–H groups in total. The van der Waals surface area contributed by atoms with Crippen molar-refractivity contribution in [3.8, 4) is 0 Å². The summed E-state index contributed by atoms with van der Waals surface area (Å²) >= 11 is 8.55. The van der Waals surface area contributed by atoms with Crippen molar-refractivity contribution in [3.63, 3.8) is 0 Å². The number of ether oxygens (including phenoxy) is 1. The highest BCUT2D eigenvalue weighted by atomic mass is 79.9. The van der Waals surface area contributed by atoms with Crippen molar-refractivity contribution in [2.45, 2.75) is 0 Å². The fourth-order valence-electron chi connectivity index (χ4n) is 0.943. The van der Waals surface area contributed by atoms with Gasteiger partial charge < -0.3 is 10.1 Å². The number of anilines is 1. The van der Waals surface area contributed by atoms with Crippen LogP contribution in [-0.2, 0) is 4.74 Å². The third-order valence-corrected chi connectivity index (χ3v) is 2.16. The van der Waals surface area contributed by atoms with Gasteiger partial charge in [0.15, 0.2) is 11.6 Å². The summed E-state index contributed by atoms with van der Waals surface area (Å²) in [4.78, 5) is 3.88. The van der Waals surface area contributed by atoms with Gasteiger partial charge in [0.25, 0.3) is 0 Å². The van der Waals surface area contributed by atoms with Crippen molar-refractivity contribution >= 4 is 33.3 Å². The summed E-state index contributed by atoms with van der Waals surface area (Å²) in [6.07, 6.45) is 1.53. The van der Waals surface area contributed by atoms with Crippen molar-refractivity contribution in [2.75, 3.05) is 31.0 Å². The van der Waals surface area contributed by atoms with E-state index < -0.39 is 0 Å². The molecule has 0 aliphatic rings. The second-order valence-corrected chi connectivity index (χ2v) is 4.01. The fourth-order valence-corrected chi connectivity index (χ4v) is 1.36. The van der Waals surface area contributed by atoms with E-state index in [2.05, 4.69) is 26.2 Å². The first-order chi connectivity index (χ1) is 7.24.